The molecule has 5 heteroatoms. The number of hydrogen-bond acceptors (Lipinski definition) is 3. The topological polar surface area (TPSA) is 49.9 Å². The Balaban J connectivity index is 1.82. The second kappa shape index (κ2) is 6.96. The van der Waals surface area contributed by atoms with E-state index in [0.29, 0.717) is 17.1 Å². The highest BCUT2D eigenvalue weighted by atomic mass is 16.5. The van der Waals surface area contributed by atoms with Crippen LogP contribution in [0.25, 0.3) is 0 Å². The van der Waals surface area contributed by atoms with E-state index in [1.165, 1.54) is 9.80 Å². The van der Waals surface area contributed by atoms with Gasteiger partial charge in [0.2, 0.25) is 0 Å². The molecule has 4 rings (SSSR count). The third-order valence-corrected chi connectivity index (χ3v) is 4.59. The van der Waals surface area contributed by atoms with Crippen LogP contribution in [0.2, 0.25) is 0 Å². The number of carbonyl (C=O) groups excluding carboxylic acids is 2. The fourth-order valence-electron chi connectivity index (χ4n) is 3.29. The van der Waals surface area contributed by atoms with E-state index in [9.17, 15) is 9.59 Å². The van der Waals surface area contributed by atoms with E-state index in [2.05, 4.69) is 0 Å². The minimum absolute atomic E-state index is 0.270. The highest BCUT2D eigenvalue weighted by Crippen LogP contribution is 2.38. The summed E-state index contributed by atoms with van der Waals surface area (Å²) in [6.07, 6.45) is 0. The van der Waals surface area contributed by atoms with Crippen molar-refractivity contribution >= 4 is 23.3 Å². The van der Waals surface area contributed by atoms with Gasteiger partial charge in [0, 0.05) is 5.69 Å². The summed E-state index contributed by atoms with van der Waals surface area (Å²) >= 11 is 0. The van der Waals surface area contributed by atoms with Crippen LogP contribution in [0.15, 0.2) is 84.9 Å². The summed E-state index contributed by atoms with van der Waals surface area (Å²) in [5.74, 6) is 0.418. The molecule has 0 N–H and O–H groups in total. The number of urea groups is 1. The van der Waals surface area contributed by atoms with Crippen molar-refractivity contribution in [2.45, 2.75) is 6.04 Å². The molecule has 3 amide bonds. The van der Waals surface area contributed by atoms with E-state index in [4.69, 9.17) is 4.74 Å². The number of carbonyl (C=O) groups is 2. The summed E-state index contributed by atoms with van der Waals surface area (Å²) in [4.78, 5) is 29.3. The average molecular weight is 358 g/mol. The molecule has 1 aliphatic heterocycles. The van der Waals surface area contributed by atoms with E-state index in [1.54, 1.807) is 43.5 Å². The normalized spacial score (nSPS) is 16.7. The van der Waals surface area contributed by atoms with Crippen LogP contribution in [0, 0.1) is 0 Å². The monoisotopic (exact) mass is 358 g/mol. The summed E-state index contributed by atoms with van der Waals surface area (Å²) in [6.45, 7) is 0. The lowest BCUT2D eigenvalue weighted by Gasteiger charge is -2.22. The second-order valence-corrected chi connectivity index (χ2v) is 6.17. The zero-order valence-corrected chi connectivity index (χ0v) is 14.8. The number of anilines is 2. The lowest BCUT2D eigenvalue weighted by molar-refractivity contribution is -0.118. The molecule has 1 aliphatic rings. The van der Waals surface area contributed by atoms with Crippen molar-refractivity contribution in [3.63, 3.8) is 0 Å². The lowest BCUT2D eigenvalue weighted by atomic mass is 10.1. The standard InChI is InChI=1S/C22H18N2O3/c1-27-19-14-12-18(13-15-19)23-20(16-8-4-2-5-9-16)21(25)24(22(23)26)17-10-6-3-7-11-17/h2-15,20H,1H3/t20-/m0/s1. The summed E-state index contributed by atoms with van der Waals surface area (Å²) in [5, 5.41) is 0. The van der Waals surface area contributed by atoms with Gasteiger partial charge in [-0.3, -0.25) is 9.69 Å². The fourth-order valence-corrected chi connectivity index (χ4v) is 3.29. The number of nitrogens with zero attached hydrogens (tertiary/aromatic N) is 2. The van der Waals surface area contributed by atoms with Crippen LogP contribution in [0.1, 0.15) is 11.6 Å². The molecular weight excluding hydrogens is 340 g/mol. The Labute approximate surface area is 157 Å². The predicted octanol–water partition coefficient (Wildman–Crippen LogP) is 4.41. The van der Waals surface area contributed by atoms with Crippen molar-refractivity contribution < 1.29 is 14.3 Å². The first-order valence-corrected chi connectivity index (χ1v) is 8.62. The van der Waals surface area contributed by atoms with Gasteiger partial charge in [-0.25, -0.2) is 9.69 Å². The molecule has 1 atom stereocenters. The molecule has 1 fully saturated rings. The smallest absolute Gasteiger partial charge is 0.336 e. The Hall–Kier alpha value is -3.60. The van der Waals surface area contributed by atoms with Crippen LogP contribution < -0.4 is 14.5 Å². The number of amides is 3. The van der Waals surface area contributed by atoms with E-state index < -0.39 is 6.04 Å². The van der Waals surface area contributed by atoms with Gasteiger partial charge < -0.3 is 4.74 Å². The maximum Gasteiger partial charge on any atom is 0.336 e. The first-order valence-electron chi connectivity index (χ1n) is 8.62. The van der Waals surface area contributed by atoms with Crippen molar-refractivity contribution in [3.8, 4) is 5.75 Å². The van der Waals surface area contributed by atoms with E-state index in [-0.39, 0.29) is 11.9 Å². The van der Waals surface area contributed by atoms with Crippen LogP contribution in [0.4, 0.5) is 16.2 Å². The van der Waals surface area contributed by atoms with Gasteiger partial charge in [0.1, 0.15) is 11.8 Å². The van der Waals surface area contributed by atoms with Crippen LogP contribution in [0.5, 0.6) is 5.75 Å². The Morgan fingerprint density at radius 1 is 0.741 bits per heavy atom. The van der Waals surface area contributed by atoms with Gasteiger partial charge in [-0.1, -0.05) is 48.5 Å². The van der Waals surface area contributed by atoms with Crippen molar-refractivity contribution in [3.05, 3.63) is 90.5 Å². The van der Waals surface area contributed by atoms with E-state index in [1.807, 2.05) is 48.5 Å². The molecular formula is C22H18N2O3. The van der Waals surface area contributed by atoms with Crippen molar-refractivity contribution in [2.24, 2.45) is 0 Å². The fraction of sp³-hybridized carbons (Fsp3) is 0.0909. The second-order valence-electron chi connectivity index (χ2n) is 6.17. The lowest BCUT2D eigenvalue weighted by Crippen LogP contribution is -2.33. The van der Waals surface area contributed by atoms with Gasteiger partial charge in [-0.2, -0.15) is 0 Å². The molecule has 0 saturated carbocycles. The number of rotatable bonds is 4. The number of benzene rings is 3. The summed E-state index contributed by atoms with van der Waals surface area (Å²) in [7, 11) is 1.59. The number of methoxy groups -OCH3 is 1. The van der Waals surface area contributed by atoms with Gasteiger partial charge in [-0.15, -0.1) is 0 Å². The minimum Gasteiger partial charge on any atom is -0.497 e. The molecule has 0 aromatic heterocycles. The Bertz CT molecular complexity index is 956. The number of ether oxygens (including phenoxy) is 1. The average Bonchev–Trinajstić information content (AvgIpc) is 2.99. The number of para-hydroxylation sites is 1. The molecule has 0 aliphatic carbocycles. The van der Waals surface area contributed by atoms with Gasteiger partial charge in [0.05, 0.1) is 12.8 Å². The highest BCUT2D eigenvalue weighted by molar-refractivity contribution is 6.28. The molecule has 5 nitrogen and oxygen atoms in total. The quantitative estimate of drug-likeness (QED) is 0.649. The largest absolute Gasteiger partial charge is 0.497 e. The zero-order chi connectivity index (χ0) is 18.8. The third-order valence-electron chi connectivity index (χ3n) is 4.59. The molecule has 1 heterocycles. The van der Waals surface area contributed by atoms with Crippen molar-refractivity contribution in [2.75, 3.05) is 16.9 Å². The van der Waals surface area contributed by atoms with Crippen LogP contribution in [0.3, 0.4) is 0 Å². The SMILES string of the molecule is COc1ccc(N2C(=O)N(c3ccccc3)C(=O)[C@@H]2c2ccccc2)cc1. The van der Waals surface area contributed by atoms with Gasteiger partial charge >= 0.3 is 6.03 Å². The van der Waals surface area contributed by atoms with Gasteiger partial charge in [0.25, 0.3) is 5.91 Å². The van der Waals surface area contributed by atoms with Crippen LogP contribution >= 0.6 is 0 Å². The third kappa shape index (κ3) is 2.93. The number of imide groups is 1. The zero-order valence-electron chi connectivity index (χ0n) is 14.8. The molecule has 27 heavy (non-hydrogen) atoms. The molecule has 0 bridgehead atoms. The van der Waals surface area contributed by atoms with E-state index in [0.717, 1.165) is 5.56 Å². The summed E-state index contributed by atoms with van der Waals surface area (Å²) in [5.41, 5.74) is 1.97. The molecule has 0 spiro atoms. The molecule has 1 saturated heterocycles. The minimum atomic E-state index is -0.715. The van der Waals surface area contributed by atoms with Crippen molar-refractivity contribution in [1.82, 2.24) is 0 Å². The first kappa shape index (κ1) is 16.8. The van der Waals surface area contributed by atoms with Crippen LogP contribution in [-0.4, -0.2) is 19.0 Å². The Morgan fingerprint density at radius 2 is 1.33 bits per heavy atom. The van der Waals surface area contributed by atoms with Crippen molar-refractivity contribution in [1.29, 1.82) is 0 Å². The molecule has 134 valence electrons. The molecule has 0 radical (unpaired) electrons. The molecule has 0 unspecified atom stereocenters. The maximum atomic E-state index is 13.3. The van der Waals surface area contributed by atoms with E-state index >= 15 is 0 Å². The summed E-state index contributed by atoms with van der Waals surface area (Å²) in [6, 6.07) is 24.4. The summed E-state index contributed by atoms with van der Waals surface area (Å²) < 4.78 is 5.20. The van der Waals surface area contributed by atoms with Gasteiger partial charge in [-0.05, 0) is 42.0 Å². The predicted molar refractivity (Wildman–Crippen MR) is 104 cm³/mol. The highest BCUT2D eigenvalue weighted by Gasteiger charge is 2.47. The van der Waals surface area contributed by atoms with Gasteiger partial charge in [0.15, 0.2) is 0 Å². The Morgan fingerprint density at radius 3 is 1.93 bits per heavy atom. The maximum absolute atomic E-state index is 13.3. The first-order chi connectivity index (χ1) is 13.2. The number of hydrogen-bond donors (Lipinski definition) is 0. The molecule has 3 aromatic rings. The Kier molecular flexibility index (Phi) is 4.34. The van der Waals surface area contributed by atoms with Crippen LogP contribution in [-0.2, 0) is 4.79 Å². The molecule has 3 aromatic carbocycles.